The highest BCUT2D eigenvalue weighted by Gasteiger charge is 2.24. The summed E-state index contributed by atoms with van der Waals surface area (Å²) in [5, 5.41) is 4.36. The van der Waals surface area contributed by atoms with Gasteiger partial charge in [0.25, 0.3) is 0 Å². The summed E-state index contributed by atoms with van der Waals surface area (Å²) in [7, 11) is 1.90. The molecule has 4 N–H and O–H groups in total. The molecule has 0 amide bonds. The lowest BCUT2D eigenvalue weighted by Gasteiger charge is -2.17. The second kappa shape index (κ2) is 3.86. The first-order chi connectivity index (χ1) is 8.63. The van der Waals surface area contributed by atoms with Gasteiger partial charge < -0.3 is 16.4 Å². The number of aromatic nitrogens is 4. The zero-order valence-corrected chi connectivity index (χ0v) is 10.2. The van der Waals surface area contributed by atoms with Gasteiger partial charge in [-0.2, -0.15) is 15.1 Å². The van der Waals surface area contributed by atoms with Crippen LogP contribution < -0.4 is 16.4 Å². The van der Waals surface area contributed by atoms with E-state index in [-0.39, 0.29) is 5.95 Å². The minimum atomic E-state index is 0.221. The van der Waals surface area contributed by atoms with E-state index in [9.17, 15) is 0 Å². The van der Waals surface area contributed by atoms with Crippen LogP contribution >= 0.6 is 0 Å². The highest BCUT2D eigenvalue weighted by Crippen LogP contribution is 2.30. The molecule has 7 nitrogen and oxygen atoms in total. The molecular weight excluding hydrogens is 230 g/mol. The molecule has 94 valence electrons. The van der Waals surface area contributed by atoms with Crippen molar-refractivity contribution in [1.82, 2.24) is 19.7 Å². The molecule has 1 aliphatic heterocycles. The summed E-state index contributed by atoms with van der Waals surface area (Å²) in [6.45, 7) is 1.58. The fourth-order valence-corrected chi connectivity index (χ4v) is 2.26. The van der Waals surface area contributed by atoms with Gasteiger partial charge in [-0.15, -0.1) is 0 Å². The van der Waals surface area contributed by atoms with E-state index in [0.29, 0.717) is 12.4 Å². The predicted molar refractivity (Wildman–Crippen MR) is 68.8 cm³/mol. The van der Waals surface area contributed by atoms with Gasteiger partial charge in [-0.3, -0.25) is 4.68 Å². The van der Waals surface area contributed by atoms with Crippen LogP contribution in [0.15, 0.2) is 12.3 Å². The van der Waals surface area contributed by atoms with Gasteiger partial charge in [-0.05, 0) is 12.5 Å². The van der Waals surface area contributed by atoms with Crippen molar-refractivity contribution in [1.29, 1.82) is 0 Å². The molecule has 0 aliphatic carbocycles. The third-order valence-electron chi connectivity index (χ3n) is 3.09. The van der Waals surface area contributed by atoms with Crippen LogP contribution in [0.5, 0.6) is 0 Å². The second-order valence-corrected chi connectivity index (χ2v) is 4.42. The monoisotopic (exact) mass is 245 g/mol. The van der Waals surface area contributed by atoms with Gasteiger partial charge in [-0.25, -0.2) is 0 Å². The van der Waals surface area contributed by atoms with E-state index in [1.54, 1.807) is 4.68 Å². The van der Waals surface area contributed by atoms with E-state index in [2.05, 4.69) is 20.0 Å². The summed E-state index contributed by atoms with van der Waals surface area (Å²) >= 11 is 0. The Balaban J connectivity index is 1.90. The molecular formula is C11H15N7. The maximum absolute atomic E-state index is 5.85. The smallest absolute Gasteiger partial charge is 0.223 e. The third kappa shape index (κ3) is 1.73. The third-order valence-corrected chi connectivity index (χ3v) is 3.09. The van der Waals surface area contributed by atoms with Crippen molar-refractivity contribution < 1.29 is 0 Å². The molecule has 0 unspecified atom stereocenters. The van der Waals surface area contributed by atoms with Crippen LogP contribution in [-0.2, 0) is 20.0 Å². The number of aryl methyl sites for hydroxylation is 1. The summed E-state index contributed by atoms with van der Waals surface area (Å²) in [5.41, 5.74) is 13.5. The molecule has 3 rings (SSSR count). The summed E-state index contributed by atoms with van der Waals surface area (Å²) in [6.07, 6.45) is 2.78. The molecule has 0 saturated heterocycles. The summed E-state index contributed by atoms with van der Waals surface area (Å²) in [4.78, 5) is 10.4. The van der Waals surface area contributed by atoms with Crippen molar-refractivity contribution in [3.8, 4) is 0 Å². The highest BCUT2D eigenvalue weighted by atomic mass is 15.3. The van der Waals surface area contributed by atoms with Gasteiger partial charge >= 0.3 is 0 Å². The van der Waals surface area contributed by atoms with E-state index in [0.717, 1.165) is 30.0 Å². The van der Waals surface area contributed by atoms with Crippen molar-refractivity contribution in [3.63, 3.8) is 0 Å². The van der Waals surface area contributed by atoms with E-state index in [4.69, 9.17) is 11.5 Å². The molecule has 0 atom stereocenters. The number of nitrogens with zero attached hydrogens (tertiary/aromatic N) is 5. The highest BCUT2D eigenvalue weighted by molar-refractivity contribution is 5.63. The van der Waals surface area contributed by atoms with Crippen LogP contribution in [0.3, 0.4) is 0 Å². The Bertz CT molecular complexity index is 589. The first-order valence-electron chi connectivity index (χ1n) is 5.79. The predicted octanol–water partition coefficient (Wildman–Crippen LogP) is -0.0628. The van der Waals surface area contributed by atoms with Crippen LogP contribution in [0.4, 0.5) is 17.6 Å². The van der Waals surface area contributed by atoms with Crippen molar-refractivity contribution in [2.75, 3.05) is 22.9 Å². The minimum absolute atomic E-state index is 0.221. The SMILES string of the molecule is Cn1ccc(CN2CCc3c(N)nc(N)nc32)n1. The molecule has 0 aromatic carbocycles. The number of nitrogens with two attached hydrogens (primary N) is 2. The molecule has 18 heavy (non-hydrogen) atoms. The van der Waals surface area contributed by atoms with Gasteiger partial charge in [0.2, 0.25) is 5.95 Å². The molecule has 2 aromatic rings. The molecule has 7 heteroatoms. The van der Waals surface area contributed by atoms with Crippen molar-refractivity contribution in [2.24, 2.45) is 7.05 Å². The Morgan fingerprint density at radius 2 is 2.17 bits per heavy atom. The maximum Gasteiger partial charge on any atom is 0.223 e. The first kappa shape index (κ1) is 10.8. The molecule has 0 saturated carbocycles. The van der Waals surface area contributed by atoms with Crippen LogP contribution in [0.1, 0.15) is 11.3 Å². The number of fused-ring (bicyclic) bond motifs is 1. The number of anilines is 3. The van der Waals surface area contributed by atoms with Gasteiger partial charge in [0.05, 0.1) is 12.2 Å². The second-order valence-electron chi connectivity index (χ2n) is 4.42. The Morgan fingerprint density at radius 1 is 1.33 bits per heavy atom. The van der Waals surface area contributed by atoms with Crippen molar-refractivity contribution in [3.05, 3.63) is 23.5 Å². The fourth-order valence-electron chi connectivity index (χ4n) is 2.26. The van der Waals surface area contributed by atoms with Crippen LogP contribution in [0, 0.1) is 0 Å². The van der Waals surface area contributed by atoms with Gasteiger partial charge in [0.1, 0.15) is 11.6 Å². The van der Waals surface area contributed by atoms with Crippen LogP contribution in [-0.4, -0.2) is 26.3 Å². The molecule has 0 bridgehead atoms. The lowest BCUT2D eigenvalue weighted by atomic mass is 10.2. The van der Waals surface area contributed by atoms with E-state index < -0.39 is 0 Å². The number of hydrogen-bond acceptors (Lipinski definition) is 6. The van der Waals surface area contributed by atoms with E-state index in [1.807, 2.05) is 19.3 Å². The number of hydrogen-bond donors (Lipinski definition) is 2. The van der Waals surface area contributed by atoms with Gasteiger partial charge in [-0.1, -0.05) is 0 Å². The summed E-state index contributed by atoms with van der Waals surface area (Å²) in [6, 6.07) is 1.99. The maximum atomic E-state index is 5.85. The molecule has 0 radical (unpaired) electrons. The molecule has 0 spiro atoms. The number of nitrogen functional groups attached to an aromatic ring is 2. The molecule has 2 aromatic heterocycles. The van der Waals surface area contributed by atoms with Crippen molar-refractivity contribution in [2.45, 2.75) is 13.0 Å². The first-order valence-corrected chi connectivity index (χ1v) is 5.79. The van der Waals surface area contributed by atoms with Crippen LogP contribution in [0.2, 0.25) is 0 Å². The van der Waals surface area contributed by atoms with E-state index in [1.165, 1.54) is 0 Å². The largest absolute Gasteiger partial charge is 0.383 e. The summed E-state index contributed by atoms with van der Waals surface area (Å²) in [5.74, 6) is 1.55. The average Bonchev–Trinajstić information content (AvgIpc) is 2.87. The zero-order chi connectivity index (χ0) is 12.7. The Morgan fingerprint density at radius 3 is 2.89 bits per heavy atom. The Kier molecular flexibility index (Phi) is 2.32. The lowest BCUT2D eigenvalue weighted by Crippen LogP contribution is -2.21. The Hall–Kier alpha value is -2.31. The summed E-state index contributed by atoms with van der Waals surface area (Å²) < 4.78 is 1.79. The molecule has 0 fully saturated rings. The standard InChI is InChI=1S/C11H15N7/c1-17-4-2-7(16-17)6-18-5-3-8-9(12)14-11(13)15-10(8)18/h2,4H,3,5-6H2,1H3,(H4,12,13,14,15). The lowest BCUT2D eigenvalue weighted by molar-refractivity contribution is 0.722. The fraction of sp³-hybridized carbons (Fsp3) is 0.364. The van der Waals surface area contributed by atoms with E-state index >= 15 is 0 Å². The van der Waals surface area contributed by atoms with Gasteiger partial charge in [0.15, 0.2) is 0 Å². The zero-order valence-electron chi connectivity index (χ0n) is 10.2. The topological polar surface area (TPSA) is 98.9 Å². The van der Waals surface area contributed by atoms with Crippen LogP contribution in [0.25, 0.3) is 0 Å². The number of rotatable bonds is 2. The minimum Gasteiger partial charge on any atom is -0.383 e. The Labute approximate surface area is 104 Å². The molecule has 3 heterocycles. The average molecular weight is 245 g/mol. The van der Waals surface area contributed by atoms with Gasteiger partial charge in [0, 0.05) is 25.4 Å². The van der Waals surface area contributed by atoms with Crippen molar-refractivity contribution >= 4 is 17.6 Å². The normalized spacial score (nSPS) is 13.9. The quantitative estimate of drug-likeness (QED) is 0.769. The molecule has 1 aliphatic rings.